The van der Waals surface area contributed by atoms with Crippen LogP contribution >= 0.6 is 12.2 Å². The number of benzene rings is 1. The minimum absolute atomic E-state index is 0.256. The van der Waals surface area contributed by atoms with Gasteiger partial charge in [-0.15, -0.1) is 0 Å². The zero-order chi connectivity index (χ0) is 14.8. The lowest BCUT2D eigenvalue weighted by atomic mass is 10.2. The molecule has 0 bridgehead atoms. The second-order valence-corrected chi connectivity index (χ2v) is 5.08. The van der Waals surface area contributed by atoms with E-state index in [-0.39, 0.29) is 4.99 Å². The van der Waals surface area contributed by atoms with Gasteiger partial charge in [-0.05, 0) is 31.2 Å². The highest BCUT2D eigenvalue weighted by Crippen LogP contribution is 2.25. The molecule has 3 aromatic rings. The number of nitrogens with zero attached hydrogens (tertiary/aromatic N) is 2. The number of fused-ring (bicyclic) bond motifs is 1. The first-order chi connectivity index (χ1) is 10.1. The normalized spacial score (nSPS) is 10.5. The molecule has 0 amide bonds. The first-order valence-corrected chi connectivity index (χ1v) is 6.84. The summed E-state index contributed by atoms with van der Waals surface area (Å²) in [5, 5.41) is 1.000. The summed E-state index contributed by atoms with van der Waals surface area (Å²) >= 11 is 5.03. The lowest BCUT2D eigenvalue weighted by Gasteiger charge is -2.10. The van der Waals surface area contributed by atoms with Crippen molar-refractivity contribution in [2.24, 2.45) is 5.73 Å². The SMILES string of the molecule is Cc1ccc(C(N)=S)c(Oc2cnc3ccccc3c2)n1. The predicted molar refractivity (Wildman–Crippen MR) is 86.7 cm³/mol. The summed E-state index contributed by atoms with van der Waals surface area (Å²) in [6.07, 6.45) is 1.66. The molecule has 0 saturated heterocycles. The van der Waals surface area contributed by atoms with Crippen molar-refractivity contribution in [1.29, 1.82) is 0 Å². The summed E-state index contributed by atoms with van der Waals surface area (Å²) < 4.78 is 5.82. The Bertz CT molecular complexity index is 833. The molecule has 21 heavy (non-hydrogen) atoms. The van der Waals surface area contributed by atoms with Crippen LogP contribution in [0.2, 0.25) is 0 Å². The molecular formula is C16H13N3OS. The highest BCUT2D eigenvalue weighted by atomic mass is 32.1. The second kappa shape index (κ2) is 5.46. The first kappa shape index (κ1) is 13.5. The molecule has 0 spiro atoms. The fraction of sp³-hybridized carbons (Fsp3) is 0.0625. The van der Waals surface area contributed by atoms with E-state index in [0.717, 1.165) is 16.6 Å². The Kier molecular flexibility index (Phi) is 3.50. The highest BCUT2D eigenvalue weighted by molar-refractivity contribution is 7.80. The quantitative estimate of drug-likeness (QED) is 0.751. The maximum atomic E-state index is 5.82. The van der Waals surface area contributed by atoms with E-state index in [1.54, 1.807) is 6.20 Å². The molecule has 0 unspecified atom stereocenters. The smallest absolute Gasteiger partial charge is 0.229 e. The van der Waals surface area contributed by atoms with Crippen LogP contribution in [0.1, 0.15) is 11.3 Å². The third-order valence-electron chi connectivity index (χ3n) is 3.04. The van der Waals surface area contributed by atoms with E-state index in [4.69, 9.17) is 22.7 Å². The maximum absolute atomic E-state index is 5.82. The van der Waals surface area contributed by atoms with Crippen LogP contribution in [0.4, 0.5) is 0 Å². The number of para-hydroxylation sites is 1. The van der Waals surface area contributed by atoms with Gasteiger partial charge >= 0.3 is 0 Å². The van der Waals surface area contributed by atoms with Crippen molar-refractivity contribution in [3.05, 3.63) is 59.9 Å². The number of hydrogen-bond acceptors (Lipinski definition) is 4. The van der Waals surface area contributed by atoms with Crippen LogP contribution in [-0.4, -0.2) is 15.0 Å². The van der Waals surface area contributed by atoms with Crippen molar-refractivity contribution < 1.29 is 4.74 Å². The summed E-state index contributed by atoms with van der Waals surface area (Å²) in [7, 11) is 0. The van der Waals surface area contributed by atoms with Crippen LogP contribution in [0.15, 0.2) is 48.7 Å². The van der Waals surface area contributed by atoms with Gasteiger partial charge in [-0.3, -0.25) is 4.98 Å². The fourth-order valence-corrected chi connectivity index (χ4v) is 2.17. The molecule has 0 aliphatic carbocycles. The topological polar surface area (TPSA) is 61.0 Å². The number of hydrogen-bond donors (Lipinski definition) is 1. The van der Waals surface area contributed by atoms with E-state index < -0.39 is 0 Å². The number of rotatable bonds is 3. The molecule has 4 nitrogen and oxygen atoms in total. The Morgan fingerprint density at radius 1 is 1.19 bits per heavy atom. The van der Waals surface area contributed by atoms with Crippen molar-refractivity contribution in [2.45, 2.75) is 6.92 Å². The van der Waals surface area contributed by atoms with Crippen molar-refractivity contribution in [2.75, 3.05) is 0 Å². The first-order valence-electron chi connectivity index (χ1n) is 6.43. The molecule has 1 aromatic carbocycles. The van der Waals surface area contributed by atoms with Gasteiger partial charge in [0.05, 0.1) is 17.3 Å². The molecular weight excluding hydrogens is 282 g/mol. The average molecular weight is 295 g/mol. The third-order valence-corrected chi connectivity index (χ3v) is 3.26. The molecule has 0 fully saturated rings. The largest absolute Gasteiger partial charge is 0.437 e. The molecule has 2 aromatic heterocycles. The van der Waals surface area contributed by atoms with Crippen molar-refractivity contribution >= 4 is 28.1 Å². The minimum atomic E-state index is 0.256. The summed E-state index contributed by atoms with van der Waals surface area (Å²) in [4.78, 5) is 8.97. The molecule has 0 aliphatic heterocycles. The summed E-state index contributed by atoms with van der Waals surface area (Å²) in [5.41, 5.74) is 8.06. The molecule has 3 rings (SSSR count). The van der Waals surface area contributed by atoms with E-state index in [1.165, 1.54) is 0 Å². The number of pyridine rings is 2. The van der Waals surface area contributed by atoms with Crippen molar-refractivity contribution in [1.82, 2.24) is 9.97 Å². The summed E-state index contributed by atoms with van der Waals surface area (Å²) in [6, 6.07) is 13.4. The van der Waals surface area contributed by atoms with Gasteiger partial charge in [0.25, 0.3) is 0 Å². The number of thiocarbonyl (C=S) groups is 1. The van der Waals surface area contributed by atoms with Crippen molar-refractivity contribution in [3.8, 4) is 11.6 Å². The minimum Gasteiger partial charge on any atom is -0.437 e. The Labute approximate surface area is 127 Å². The van der Waals surface area contributed by atoms with E-state index in [2.05, 4.69) is 9.97 Å². The zero-order valence-corrected chi connectivity index (χ0v) is 12.2. The van der Waals surface area contributed by atoms with Gasteiger partial charge in [0.1, 0.15) is 10.7 Å². The average Bonchev–Trinajstić information content (AvgIpc) is 2.47. The standard InChI is InChI=1S/C16H13N3OS/c1-10-6-7-13(15(17)21)16(19-10)20-12-8-11-4-2-3-5-14(11)18-9-12/h2-9H,1H3,(H2,17,21). The highest BCUT2D eigenvalue weighted by Gasteiger charge is 2.10. The molecule has 0 radical (unpaired) electrons. The van der Waals surface area contributed by atoms with Crippen molar-refractivity contribution in [3.63, 3.8) is 0 Å². The van der Waals surface area contributed by atoms with Gasteiger partial charge in [0.2, 0.25) is 5.88 Å². The third kappa shape index (κ3) is 2.83. The lowest BCUT2D eigenvalue weighted by molar-refractivity contribution is 0.459. The molecule has 0 atom stereocenters. The predicted octanol–water partition coefficient (Wildman–Crippen LogP) is 3.36. The van der Waals surface area contributed by atoms with Crippen LogP contribution in [-0.2, 0) is 0 Å². The second-order valence-electron chi connectivity index (χ2n) is 4.64. The van der Waals surface area contributed by atoms with E-state index in [0.29, 0.717) is 17.2 Å². The number of aryl methyl sites for hydroxylation is 1. The van der Waals surface area contributed by atoms with E-state index in [9.17, 15) is 0 Å². The molecule has 0 saturated carbocycles. The van der Waals surface area contributed by atoms with Crippen LogP contribution in [0, 0.1) is 6.92 Å². The summed E-state index contributed by atoms with van der Waals surface area (Å²) in [5.74, 6) is 1.00. The van der Waals surface area contributed by atoms with E-state index >= 15 is 0 Å². The molecule has 5 heteroatoms. The van der Waals surface area contributed by atoms with Crippen LogP contribution in [0.5, 0.6) is 11.6 Å². The molecule has 104 valence electrons. The molecule has 2 heterocycles. The van der Waals surface area contributed by atoms with E-state index in [1.807, 2.05) is 49.4 Å². The Morgan fingerprint density at radius 3 is 2.81 bits per heavy atom. The Morgan fingerprint density at radius 2 is 2.00 bits per heavy atom. The van der Waals surface area contributed by atoms with Crippen LogP contribution in [0.25, 0.3) is 10.9 Å². The molecule has 2 N–H and O–H groups in total. The van der Waals surface area contributed by atoms with Gasteiger partial charge < -0.3 is 10.5 Å². The van der Waals surface area contributed by atoms with Crippen LogP contribution in [0.3, 0.4) is 0 Å². The monoisotopic (exact) mass is 295 g/mol. The Balaban J connectivity index is 2.02. The fourth-order valence-electron chi connectivity index (χ4n) is 2.02. The number of ether oxygens (including phenoxy) is 1. The Hall–Kier alpha value is -2.53. The summed E-state index contributed by atoms with van der Waals surface area (Å²) in [6.45, 7) is 1.88. The molecule has 0 aliphatic rings. The number of aromatic nitrogens is 2. The lowest BCUT2D eigenvalue weighted by Crippen LogP contribution is -2.12. The van der Waals surface area contributed by atoms with Gasteiger partial charge in [0, 0.05) is 11.1 Å². The van der Waals surface area contributed by atoms with Crippen LogP contribution < -0.4 is 10.5 Å². The van der Waals surface area contributed by atoms with Gasteiger partial charge in [-0.1, -0.05) is 30.4 Å². The van der Waals surface area contributed by atoms with Gasteiger partial charge in [-0.2, -0.15) is 0 Å². The number of nitrogens with two attached hydrogens (primary N) is 1. The van der Waals surface area contributed by atoms with Gasteiger partial charge in [-0.25, -0.2) is 4.98 Å². The maximum Gasteiger partial charge on any atom is 0.229 e. The zero-order valence-electron chi connectivity index (χ0n) is 11.4. The van der Waals surface area contributed by atoms with Gasteiger partial charge in [0.15, 0.2) is 0 Å².